The Morgan fingerprint density at radius 2 is 2.17 bits per heavy atom. The standard InChI is InChI=1S/C12H18ClN3O2/c1-4-7-16(5-2)9-8-14-12(13)15-10(9)11(17)18-6-3/h8H,4-7H2,1-3H3. The van der Waals surface area contributed by atoms with Gasteiger partial charge >= 0.3 is 5.97 Å². The van der Waals surface area contributed by atoms with Crippen LogP contribution in [0.4, 0.5) is 5.69 Å². The molecule has 0 aliphatic rings. The molecule has 6 heteroatoms. The van der Waals surface area contributed by atoms with E-state index in [1.54, 1.807) is 13.1 Å². The van der Waals surface area contributed by atoms with E-state index in [-0.39, 0.29) is 11.0 Å². The second kappa shape index (κ2) is 7.16. The van der Waals surface area contributed by atoms with E-state index < -0.39 is 5.97 Å². The van der Waals surface area contributed by atoms with Gasteiger partial charge in [0.15, 0.2) is 5.69 Å². The molecule has 0 N–H and O–H groups in total. The summed E-state index contributed by atoms with van der Waals surface area (Å²) in [5, 5.41) is 0.0503. The van der Waals surface area contributed by atoms with Crippen LogP contribution in [0, 0.1) is 0 Å². The molecule has 0 saturated carbocycles. The third kappa shape index (κ3) is 3.57. The van der Waals surface area contributed by atoms with Crippen molar-refractivity contribution >= 4 is 23.3 Å². The summed E-state index contributed by atoms with van der Waals surface area (Å²) < 4.78 is 4.98. The van der Waals surface area contributed by atoms with E-state index in [4.69, 9.17) is 16.3 Å². The van der Waals surface area contributed by atoms with Gasteiger partial charge in [0.2, 0.25) is 5.28 Å². The Balaban J connectivity index is 3.12. The maximum atomic E-state index is 11.8. The summed E-state index contributed by atoms with van der Waals surface area (Å²) in [7, 11) is 0. The summed E-state index contributed by atoms with van der Waals surface area (Å²) in [6, 6.07) is 0. The minimum Gasteiger partial charge on any atom is -0.461 e. The molecule has 0 fully saturated rings. The Kier molecular flexibility index (Phi) is 5.85. The highest BCUT2D eigenvalue weighted by atomic mass is 35.5. The first-order valence-corrected chi connectivity index (χ1v) is 6.46. The van der Waals surface area contributed by atoms with Crippen molar-refractivity contribution in [2.24, 2.45) is 0 Å². The van der Waals surface area contributed by atoms with E-state index in [1.807, 2.05) is 11.8 Å². The monoisotopic (exact) mass is 271 g/mol. The van der Waals surface area contributed by atoms with Crippen LogP contribution in [0.3, 0.4) is 0 Å². The van der Waals surface area contributed by atoms with Gasteiger partial charge in [-0.2, -0.15) is 0 Å². The van der Waals surface area contributed by atoms with E-state index in [1.165, 1.54) is 0 Å². The number of ether oxygens (including phenoxy) is 1. The van der Waals surface area contributed by atoms with Crippen molar-refractivity contribution in [3.8, 4) is 0 Å². The first-order chi connectivity index (χ1) is 8.63. The smallest absolute Gasteiger partial charge is 0.359 e. The molecule has 1 aromatic heterocycles. The summed E-state index contributed by atoms with van der Waals surface area (Å²) >= 11 is 5.74. The summed E-state index contributed by atoms with van der Waals surface area (Å²) in [6.07, 6.45) is 2.54. The molecule has 0 unspecified atom stereocenters. The molecule has 18 heavy (non-hydrogen) atoms. The predicted octanol–water partition coefficient (Wildman–Crippen LogP) is 2.54. The van der Waals surface area contributed by atoms with Crippen molar-refractivity contribution in [3.05, 3.63) is 17.2 Å². The zero-order valence-electron chi connectivity index (χ0n) is 10.9. The van der Waals surface area contributed by atoms with Crippen LogP contribution in [0.1, 0.15) is 37.7 Å². The van der Waals surface area contributed by atoms with E-state index in [2.05, 4.69) is 16.9 Å². The van der Waals surface area contributed by atoms with Crippen LogP contribution in [-0.2, 0) is 4.74 Å². The Morgan fingerprint density at radius 1 is 1.44 bits per heavy atom. The second-order valence-corrected chi connectivity index (χ2v) is 4.01. The van der Waals surface area contributed by atoms with Crippen LogP contribution >= 0.6 is 11.6 Å². The Morgan fingerprint density at radius 3 is 2.72 bits per heavy atom. The zero-order valence-corrected chi connectivity index (χ0v) is 11.7. The lowest BCUT2D eigenvalue weighted by atomic mass is 10.3. The maximum Gasteiger partial charge on any atom is 0.359 e. The van der Waals surface area contributed by atoms with Crippen LogP contribution in [-0.4, -0.2) is 35.6 Å². The molecule has 0 radical (unpaired) electrons. The number of carbonyl (C=O) groups is 1. The largest absolute Gasteiger partial charge is 0.461 e. The molecule has 0 saturated heterocycles. The van der Waals surface area contributed by atoms with Crippen molar-refractivity contribution in [3.63, 3.8) is 0 Å². The van der Waals surface area contributed by atoms with Gasteiger partial charge in [-0.05, 0) is 31.9 Å². The van der Waals surface area contributed by atoms with E-state index >= 15 is 0 Å². The average molecular weight is 272 g/mol. The third-order valence-corrected chi connectivity index (χ3v) is 2.61. The number of rotatable bonds is 6. The van der Waals surface area contributed by atoms with E-state index in [0.717, 1.165) is 19.5 Å². The van der Waals surface area contributed by atoms with E-state index in [9.17, 15) is 4.79 Å². The number of aromatic nitrogens is 2. The van der Waals surface area contributed by atoms with Gasteiger partial charge in [0.1, 0.15) is 0 Å². The number of hydrogen-bond acceptors (Lipinski definition) is 5. The van der Waals surface area contributed by atoms with Crippen molar-refractivity contribution in [2.75, 3.05) is 24.6 Å². The number of halogens is 1. The van der Waals surface area contributed by atoms with Gasteiger partial charge in [0.05, 0.1) is 18.5 Å². The van der Waals surface area contributed by atoms with Gasteiger partial charge in [0, 0.05) is 13.1 Å². The first kappa shape index (κ1) is 14.7. The molecular formula is C12H18ClN3O2. The molecule has 1 aromatic rings. The average Bonchev–Trinajstić information content (AvgIpc) is 2.36. The highest BCUT2D eigenvalue weighted by Gasteiger charge is 2.19. The number of nitrogens with zero attached hydrogens (tertiary/aromatic N) is 3. The molecule has 1 rings (SSSR count). The highest BCUT2D eigenvalue weighted by molar-refractivity contribution is 6.28. The topological polar surface area (TPSA) is 55.3 Å². The summed E-state index contributed by atoms with van der Waals surface area (Å²) in [6.45, 7) is 7.74. The normalized spacial score (nSPS) is 10.2. The van der Waals surface area contributed by atoms with Gasteiger partial charge < -0.3 is 9.64 Å². The molecule has 0 amide bonds. The molecule has 0 aliphatic heterocycles. The van der Waals surface area contributed by atoms with Gasteiger partial charge in [-0.1, -0.05) is 6.92 Å². The van der Waals surface area contributed by atoms with Gasteiger partial charge in [-0.3, -0.25) is 0 Å². The summed E-state index contributed by atoms with van der Waals surface area (Å²) in [5.41, 5.74) is 0.898. The summed E-state index contributed by atoms with van der Waals surface area (Å²) in [5.74, 6) is -0.466. The van der Waals surface area contributed by atoms with Crippen LogP contribution in [0.5, 0.6) is 0 Å². The fourth-order valence-electron chi connectivity index (χ4n) is 1.65. The number of carbonyl (C=O) groups excluding carboxylic acids is 1. The minimum atomic E-state index is -0.466. The Bertz CT molecular complexity index is 412. The molecule has 0 bridgehead atoms. The second-order valence-electron chi connectivity index (χ2n) is 3.67. The molecule has 0 atom stereocenters. The lowest BCUT2D eigenvalue weighted by molar-refractivity contribution is 0.0520. The molecule has 100 valence electrons. The van der Waals surface area contributed by atoms with Crippen molar-refractivity contribution in [1.29, 1.82) is 0 Å². The number of anilines is 1. The lowest BCUT2D eigenvalue weighted by Crippen LogP contribution is -2.27. The van der Waals surface area contributed by atoms with E-state index in [0.29, 0.717) is 12.3 Å². The number of esters is 1. The van der Waals surface area contributed by atoms with Gasteiger partial charge in [-0.25, -0.2) is 14.8 Å². The van der Waals surface area contributed by atoms with Crippen LogP contribution in [0.2, 0.25) is 5.28 Å². The zero-order chi connectivity index (χ0) is 13.5. The SMILES string of the molecule is CCCN(CC)c1cnc(Cl)nc1C(=O)OCC. The van der Waals surface area contributed by atoms with Gasteiger partial charge in [-0.15, -0.1) is 0 Å². The Labute approximate surface area is 112 Å². The van der Waals surface area contributed by atoms with Gasteiger partial charge in [0.25, 0.3) is 0 Å². The molecule has 5 nitrogen and oxygen atoms in total. The third-order valence-electron chi connectivity index (χ3n) is 2.42. The maximum absolute atomic E-state index is 11.8. The fourth-order valence-corrected chi connectivity index (χ4v) is 1.79. The van der Waals surface area contributed by atoms with Crippen LogP contribution in [0.15, 0.2) is 6.20 Å². The van der Waals surface area contributed by atoms with Crippen LogP contribution < -0.4 is 4.90 Å². The molecule has 0 aliphatic carbocycles. The minimum absolute atomic E-state index is 0.0503. The van der Waals surface area contributed by atoms with Crippen LogP contribution in [0.25, 0.3) is 0 Å². The van der Waals surface area contributed by atoms with Crippen molar-refractivity contribution in [1.82, 2.24) is 9.97 Å². The Hall–Kier alpha value is -1.36. The van der Waals surface area contributed by atoms with Crippen molar-refractivity contribution < 1.29 is 9.53 Å². The molecule has 1 heterocycles. The lowest BCUT2D eigenvalue weighted by Gasteiger charge is -2.23. The highest BCUT2D eigenvalue weighted by Crippen LogP contribution is 2.20. The number of hydrogen-bond donors (Lipinski definition) is 0. The predicted molar refractivity (Wildman–Crippen MR) is 71.2 cm³/mol. The summed E-state index contributed by atoms with van der Waals surface area (Å²) in [4.78, 5) is 21.8. The first-order valence-electron chi connectivity index (χ1n) is 6.08. The molecular weight excluding hydrogens is 254 g/mol. The van der Waals surface area contributed by atoms with Crippen molar-refractivity contribution in [2.45, 2.75) is 27.2 Å². The quantitative estimate of drug-likeness (QED) is 0.588. The molecule has 0 aromatic carbocycles. The molecule has 0 spiro atoms. The fraction of sp³-hybridized carbons (Fsp3) is 0.583.